The molecule has 0 atom stereocenters. The average Bonchev–Trinajstić information content (AvgIpc) is 2.46. The number of benzene rings is 1. The first-order valence-electron chi connectivity index (χ1n) is 6.10. The molecule has 0 saturated heterocycles. The Labute approximate surface area is 115 Å². The van der Waals surface area contributed by atoms with Gasteiger partial charge in [-0.25, -0.2) is 4.79 Å². The number of esters is 1. The second-order valence-electron chi connectivity index (χ2n) is 3.97. The SMILES string of the molecule is CCOC(=O)C=Cc1coc2cc(OC)ccc2c1=O. The van der Waals surface area contributed by atoms with Gasteiger partial charge in [0.1, 0.15) is 17.6 Å². The van der Waals surface area contributed by atoms with Crippen LogP contribution in [0.25, 0.3) is 17.0 Å². The van der Waals surface area contributed by atoms with E-state index in [-0.39, 0.29) is 17.6 Å². The molecule has 1 aromatic heterocycles. The lowest BCUT2D eigenvalue weighted by atomic mass is 10.1. The fraction of sp³-hybridized carbons (Fsp3) is 0.200. The molecular weight excluding hydrogens is 260 g/mol. The Morgan fingerprint density at radius 3 is 2.90 bits per heavy atom. The monoisotopic (exact) mass is 274 g/mol. The first-order valence-corrected chi connectivity index (χ1v) is 6.10. The number of carbonyl (C=O) groups is 1. The third-order valence-corrected chi connectivity index (χ3v) is 2.69. The molecule has 0 saturated carbocycles. The highest BCUT2D eigenvalue weighted by Gasteiger charge is 2.06. The number of hydrogen-bond donors (Lipinski definition) is 0. The molecule has 5 heteroatoms. The summed E-state index contributed by atoms with van der Waals surface area (Å²) >= 11 is 0. The van der Waals surface area contributed by atoms with Crippen molar-refractivity contribution in [3.05, 3.63) is 46.3 Å². The largest absolute Gasteiger partial charge is 0.497 e. The molecule has 1 aromatic carbocycles. The van der Waals surface area contributed by atoms with Crippen molar-refractivity contribution in [1.29, 1.82) is 0 Å². The molecule has 0 aliphatic heterocycles. The maximum atomic E-state index is 12.2. The Kier molecular flexibility index (Phi) is 4.20. The molecule has 5 nitrogen and oxygen atoms in total. The highest BCUT2D eigenvalue weighted by Crippen LogP contribution is 2.19. The minimum Gasteiger partial charge on any atom is -0.497 e. The van der Waals surface area contributed by atoms with E-state index in [1.54, 1.807) is 25.1 Å². The van der Waals surface area contributed by atoms with Crippen LogP contribution in [-0.4, -0.2) is 19.7 Å². The van der Waals surface area contributed by atoms with Gasteiger partial charge in [0.2, 0.25) is 0 Å². The predicted molar refractivity (Wildman–Crippen MR) is 74.7 cm³/mol. The van der Waals surface area contributed by atoms with E-state index >= 15 is 0 Å². The van der Waals surface area contributed by atoms with Gasteiger partial charge in [-0.2, -0.15) is 0 Å². The summed E-state index contributed by atoms with van der Waals surface area (Å²) in [6.07, 6.45) is 3.89. The highest BCUT2D eigenvalue weighted by atomic mass is 16.5. The molecule has 0 N–H and O–H groups in total. The predicted octanol–water partition coefficient (Wildman–Crippen LogP) is 2.38. The maximum Gasteiger partial charge on any atom is 0.330 e. The van der Waals surface area contributed by atoms with Gasteiger partial charge in [0.25, 0.3) is 0 Å². The summed E-state index contributed by atoms with van der Waals surface area (Å²) in [5, 5.41) is 0.428. The molecule has 2 aromatic rings. The van der Waals surface area contributed by atoms with Crippen LogP contribution >= 0.6 is 0 Å². The lowest BCUT2D eigenvalue weighted by Gasteiger charge is -2.02. The van der Waals surface area contributed by atoms with Gasteiger partial charge < -0.3 is 13.9 Å². The summed E-state index contributed by atoms with van der Waals surface area (Å²) in [7, 11) is 1.54. The summed E-state index contributed by atoms with van der Waals surface area (Å²) in [5.74, 6) is 0.109. The minimum atomic E-state index is -0.498. The van der Waals surface area contributed by atoms with Crippen molar-refractivity contribution >= 4 is 23.0 Å². The molecule has 104 valence electrons. The zero-order valence-electron chi connectivity index (χ0n) is 11.2. The second kappa shape index (κ2) is 6.06. The first-order chi connectivity index (χ1) is 9.65. The summed E-state index contributed by atoms with van der Waals surface area (Å²) in [6.45, 7) is 2.00. The van der Waals surface area contributed by atoms with Gasteiger partial charge in [0.15, 0.2) is 5.43 Å². The Morgan fingerprint density at radius 1 is 1.40 bits per heavy atom. The van der Waals surface area contributed by atoms with Crippen molar-refractivity contribution < 1.29 is 18.7 Å². The summed E-state index contributed by atoms with van der Waals surface area (Å²) in [6, 6.07) is 4.94. The molecule has 0 unspecified atom stereocenters. The van der Waals surface area contributed by atoms with E-state index in [1.807, 2.05) is 0 Å². The van der Waals surface area contributed by atoms with Gasteiger partial charge in [0.05, 0.1) is 24.7 Å². The maximum absolute atomic E-state index is 12.2. The summed E-state index contributed by atoms with van der Waals surface area (Å²) in [5.41, 5.74) is 0.507. The van der Waals surface area contributed by atoms with Gasteiger partial charge in [-0.05, 0) is 25.1 Å². The summed E-state index contributed by atoms with van der Waals surface area (Å²) in [4.78, 5) is 23.4. The zero-order valence-corrected chi connectivity index (χ0v) is 11.2. The van der Waals surface area contributed by atoms with Gasteiger partial charge in [-0.15, -0.1) is 0 Å². The van der Waals surface area contributed by atoms with E-state index in [9.17, 15) is 9.59 Å². The molecule has 20 heavy (non-hydrogen) atoms. The van der Waals surface area contributed by atoms with Crippen molar-refractivity contribution in [3.8, 4) is 5.75 Å². The molecule has 2 rings (SSSR count). The third-order valence-electron chi connectivity index (χ3n) is 2.69. The Hall–Kier alpha value is -2.56. The smallest absolute Gasteiger partial charge is 0.330 e. The Balaban J connectivity index is 2.40. The number of rotatable bonds is 4. The fourth-order valence-electron chi connectivity index (χ4n) is 1.71. The fourth-order valence-corrected chi connectivity index (χ4v) is 1.71. The quantitative estimate of drug-likeness (QED) is 0.632. The lowest BCUT2D eigenvalue weighted by Crippen LogP contribution is -2.06. The van der Waals surface area contributed by atoms with Crippen LogP contribution in [-0.2, 0) is 9.53 Å². The number of hydrogen-bond acceptors (Lipinski definition) is 5. The minimum absolute atomic E-state index is 0.213. The molecule has 0 amide bonds. The number of ether oxygens (including phenoxy) is 2. The standard InChI is InChI=1S/C15H14O5/c1-3-19-14(16)7-4-10-9-20-13-8-11(18-2)5-6-12(13)15(10)17/h4-9H,3H2,1-2H3. The molecule has 0 aliphatic rings. The summed E-state index contributed by atoms with van der Waals surface area (Å²) < 4.78 is 15.2. The topological polar surface area (TPSA) is 65.7 Å². The molecule has 0 aliphatic carbocycles. The van der Waals surface area contributed by atoms with Gasteiger partial charge in [-0.3, -0.25) is 4.79 Å². The van der Waals surface area contributed by atoms with Crippen LogP contribution in [0.4, 0.5) is 0 Å². The van der Waals surface area contributed by atoms with Crippen LogP contribution in [0.15, 0.2) is 39.7 Å². The average molecular weight is 274 g/mol. The zero-order chi connectivity index (χ0) is 14.5. The van der Waals surface area contributed by atoms with Crippen molar-refractivity contribution in [2.75, 3.05) is 13.7 Å². The number of carbonyl (C=O) groups excluding carboxylic acids is 1. The van der Waals surface area contributed by atoms with E-state index in [2.05, 4.69) is 0 Å². The third kappa shape index (κ3) is 2.88. The van der Waals surface area contributed by atoms with Gasteiger partial charge >= 0.3 is 5.97 Å². The second-order valence-corrected chi connectivity index (χ2v) is 3.97. The molecule has 1 heterocycles. The van der Waals surface area contributed by atoms with Crippen LogP contribution in [0, 0.1) is 0 Å². The van der Waals surface area contributed by atoms with E-state index in [0.717, 1.165) is 0 Å². The van der Waals surface area contributed by atoms with Crippen molar-refractivity contribution in [3.63, 3.8) is 0 Å². The Morgan fingerprint density at radius 2 is 2.20 bits per heavy atom. The van der Waals surface area contributed by atoms with Crippen molar-refractivity contribution in [2.45, 2.75) is 6.92 Å². The van der Waals surface area contributed by atoms with Gasteiger partial charge in [0, 0.05) is 12.1 Å². The van der Waals surface area contributed by atoms with Crippen LogP contribution in [0.5, 0.6) is 5.75 Å². The molecule has 0 fully saturated rings. The van der Waals surface area contributed by atoms with E-state index in [4.69, 9.17) is 13.9 Å². The molecule has 0 spiro atoms. The van der Waals surface area contributed by atoms with Crippen LogP contribution in [0.1, 0.15) is 12.5 Å². The van der Waals surface area contributed by atoms with Crippen LogP contribution < -0.4 is 10.2 Å². The normalized spacial score (nSPS) is 10.9. The van der Waals surface area contributed by atoms with Crippen molar-refractivity contribution in [2.24, 2.45) is 0 Å². The number of fused-ring (bicyclic) bond motifs is 1. The van der Waals surface area contributed by atoms with Gasteiger partial charge in [-0.1, -0.05) is 0 Å². The van der Waals surface area contributed by atoms with Crippen molar-refractivity contribution in [1.82, 2.24) is 0 Å². The highest BCUT2D eigenvalue weighted by molar-refractivity contribution is 5.88. The molecular formula is C15H14O5. The lowest BCUT2D eigenvalue weighted by molar-refractivity contribution is -0.137. The van der Waals surface area contributed by atoms with E-state index < -0.39 is 5.97 Å². The Bertz CT molecular complexity index is 712. The molecule has 0 bridgehead atoms. The van der Waals surface area contributed by atoms with E-state index in [0.29, 0.717) is 16.7 Å². The molecule has 0 radical (unpaired) electrons. The van der Waals surface area contributed by atoms with E-state index in [1.165, 1.54) is 25.5 Å². The van der Waals surface area contributed by atoms with Crippen LogP contribution in [0.3, 0.4) is 0 Å². The first kappa shape index (κ1) is 13.9. The van der Waals surface area contributed by atoms with Crippen LogP contribution in [0.2, 0.25) is 0 Å². The number of methoxy groups -OCH3 is 1.